The molecule has 0 fully saturated rings. The molecule has 0 spiro atoms. The second-order valence-corrected chi connectivity index (χ2v) is 6.09. The molecule has 0 aliphatic heterocycles. The Morgan fingerprint density at radius 1 is 1.30 bits per heavy atom. The van der Waals surface area contributed by atoms with Gasteiger partial charge in [-0.05, 0) is 12.5 Å². The van der Waals surface area contributed by atoms with E-state index in [0.717, 1.165) is 20.8 Å². The lowest BCUT2D eigenvalue weighted by atomic mass is 10.0. The van der Waals surface area contributed by atoms with E-state index in [1.165, 1.54) is 0 Å². The monoisotopic (exact) mass is 304 g/mol. The van der Waals surface area contributed by atoms with Gasteiger partial charge in [0.1, 0.15) is 4.83 Å². The summed E-state index contributed by atoms with van der Waals surface area (Å²) in [5.74, 6) is 0.400. The molecular weight excluding hydrogens is 292 g/mol. The number of halogens is 1. The molecule has 2 heterocycles. The van der Waals surface area contributed by atoms with Gasteiger partial charge in [-0.3, -0.25) is 9.36 Å². The molecule has 0 radical (unpaired) electrons. The topological polar surface area (TPSA) is 34.9 Å². The number of benzene rings is 1. The Hall–Kier alpha value is -1.65. The van der Waals surface area contributed by atoms with Gasteiger partial charge in [-0.1, -0.05) is 30.3 Å². The molecule has 0 atom stereocenters. The van der Waals surface area contributed by atoms with Gasteiger partial charge in [-0.2, -0.15) is 0 Å². The summed E-state index contributed by atoms with van der Waals surface area (Å²) in [4.78, 5) is 18.9. The fourth-order valence-corrected chi connectivity index (χ4v) is 3.53. The summed E-state index contributed by atoms with van der Waals surface area (Å²) < 4.78 is 1.58. The minimum atomic E-state index is -0.0150. The molecule has 0 unspecified atom stereocenters. The van der Waals surface area contributed by atoms with E-state index in [-0.39, 0.29) is 5.56 Å². The third kappa shape index (κ3) is 2.15. The van der Waals surface area contributed by atoms with E-state index in [0.29, 0.717) is 17.8 Å². The number of aryl methyl sites for hydroxylation is 2. The second kappa shape index (κ2) is 5.38. The molecular formula is C15H13ClN2OS. The number of thiophene rings is 1. The van der Waals surface area contributed by atoms with E-state index in [4.69, 9.17) is 11.6 Å². The van der Waals surface area contributed by atoms with Crippen LogP contribution in [0.25, 0.3) is 21.3 Å². The zero-order valence-corrected chi connectivity index (χ0v) is 12.5. The molecule has 0 aliphatic carbocycles. The van der Waals surface area contributed by atoms with Crippen molar-refractivity contribution in [3.63, 3.8) is 0 Å². The van der Waals surface area contributed by atoms with Crippen LogP contribution in [-0.4, -0.2) is 15.4 Å². The maximum absolute atomic E-state index is 12.6. The van der Waals surface area contributed by atoms with Crippen LogP contribution in [0, 0.1) is 6.92 Å². The molecule has 0 bridgehead atoms. The molecule has 20 heavy (non-hydrogen) atoms. The lowest BCUT2D eigenvalue weighted by Crippen LogP contribution is -2.21. The number of hydrogen-bond acceptors (Lipinski definition) is 3. The summed E-state index contributed by atoms with van der Waals surface area (Å²) in [6, 6.07) is 9.97. The van der Waals surface area contributed by atoms with Crippen molar-refractivity contribution < 1.29 is 0 Å². The van der Waals surface area contributed by atoms with Crippen molar-refractivity contribution in [2.45, 2.75) is 13.5 Å². The third-order valence-corrected chi connectivity index (χ3v) is 4.42. The first-order valence-electron chi connectivity index (χ1n) is 6.32. The van der Waals surface area contributed by atoms with Gasteiger partial charge < -0.3 is 0 Å². The Morgan fingerprint density at radius 3 is 2.75 bits per heavy atom. The van der Waals surface area contributed by atoms with Crippen LogP contribution in [0.15, 0.2) is 41.5 Å². The van der Waals surface area contributed by atoms with Crippen LogP contribution in [0.2, 0.25) is 0 Å². The zero-order chi connectivity index (χ0) is 14.1. The molecule has 3 rings (SSSR count). The van der Waals surface area contributed by atoms with Crippen LogP contribution in [0.3, 0.4) is 0 Å². The van der Waals surface area contributed by atoms with Gasteiger partial charge >= 0.3 is 0 Å². The number of nitrogens with zero attached hydrogens (tertiary/aromatic N) is 2. The summed E-state index contributed by atoms with van der Waals surface area (Å²) in [5, 5.41) is 0.700. The van der Waals surface area contributed by atoms with Gasteiger partial charge in [0.25, 0.3) is 5.56 Å². The Kier molecular flexibility index (Phi) is 3.59. The maximum atomic E-state index is 12.6. The molecule has 3 aromatic rings. The number of hydrogen-bond donors (Lipinski definition) is 0. The van der Waals surface area contributed by atoms with Crippen LogP contribution in [0.4, 0.5) is 0 Å². The number of alkyl halides is 1. The highest BCUT2D eigenvalue weighted by molar-refractivity contribution is 7.19. The standard InChI is InChI=1S/C15H13ClN2OS/c1-10-12(11-5-3-2-4-6-11)13-14(20-10)17-9-18(8-7-16)15(13)19/h2-6,9H,7-8H2,1H3. The van der Waals surface area contributed by atoms with Crippen molar-refractivity contribution in [3.8, 4) is 11.1 Å². The average molecular weight is 305 g/mol. The molecule has 0 aliphatic rings. The lowest BCUT2D eigenvalue weighted by Gasteiger charge is -2.04. The van der Waals surface area contributed by atoms with Gasteiger partial charge in [0.05, 0.1) is 11.7 Å². The summed E-state index contributed by atoms with van der Waals surface area (Å²) in [5.41, 5.74) is 2.03. The zero-order valence-electron chi connectivity index (χ0n) is 11.0. The summed E-state index contributed by atoms with van der Waals surface area (Å²) in [6.45, 7) is 2.51. The molecule has 0 saturated carbocycles. The smallest absolute Gasteiger partial charge is 0.262 e. The van der Waals surface area contributed by atoms with Crippen LogP contribution in [0.5, 0.6) is 0 Å². The van der Waals surface area contributed by atoms with Gasteiger partial charge in [0, 0.05) is 22.9 Å². The normalized spacial score (nSPS) is 11.1. The fourth-order valence-electron chi connectivity index (χ4n) is 2.34. The van der Waals surface area contributed by atoms with Gasteiger partial charge in [0.2, 0.25) is 0 Å². The van der Waals surface area contributed by atoms with Crippen molar-refractivity contribution in [2.24, 2.45) is 0 Å². The number of rotatable bonds is 3. The summed E-state index contributed by atoms with van der Waals surface area (Å²) in [7, 11) is 0. The van der Waals surface area contributed by atoms with E-state index in [2.05, 4.69) is 4.98 Å². The van der Waals surface area contributed by atoms with Crippen molar-refractivity contribution in [3.05, 3.63) is 51.9 Å². The van der Waals surface area contributed by atoms with Crippen LogP contribution < -0.4 is 5.56 Å². The highest BCUT2D eigenvalue weighted by atomic mass is 35.5. The number of fused-ring (bicyclic) bond motifs is 1. The van der Waals surface area contributed by atoms with Crippen LogP contribution >= 0.6 is 22.9 Å². The van der Waals surface area contributed by atoms with Gasteiger partial charge in [-0.25, -0.2) is 4.98 Å². The Balaban J connectivity index is 2.34. The van der Waals surface area contributed by atoms with Crippen molar-refractivity contribution in [1.29, 1.82) is 0 Å². The van der Waals surface area contributed by atoms with Crippen molar-refractivity contribution in [1.82, 2.24) is 9.55 Å². The van der Waals surface area contributed by atoms with Crippen LogP contribution in [0.1, 0.15) is 4.88 Å². The largest absolute Gasteiger partial charge is 0.297 e. The highest BCUT2D eigenvalue weighted by Gasteiger charge is 2.16. The van der Waals surface area contributed by atoms with E-state index in [1.54, 1.807) is 22.2 Å². The van der Waals surface area contributed by atoms with Gasteiger partial charge in [0.15, 0.2) is 0 Å². The van der Waals surface area contributed by atoms with Gasteiger partial charge in [-0.15, -0.1) is 22.9 Å². The second-order valence-electron chi connectivity index (χ2n) is 4.51. The molecule has 0 N–H and O–H groups in total. The fraction of sp³-hybridized carbons (Fsp3) is 0.200. The quantitative estimate of drug-likeness (QED) is 0.692. The van der Waals surface area contributed by atoms with E-state index >= 15 is 0 Å². The predicted octanol–water partition coefficient (Wildman–Crippen LogP) is 3.67. The van der Waals surface area contributed by atoms with Crippen molar-refractivity contribution >= 4 is 33.2 Å². The first kappa shape index (κ1) is 13.3. The molecule has 0 saturated heterocycles. The summed E-state index contributed by atoms with van der Waals surface area (Å²) >= 11 is 7.29. The molecule has 2 aromatic heterocycles. The molecule has 5 heteroatoms. The lowest BCUT2D eigenvalue weighted by molar-refractivity contribution is 0.723. The maximum Gasteiger partial charge on any atom is 0.262 e. The van der Waals surface area contributed by atoms with E-state index in [1.807, 2.05) is 37.3 Å². The minimum absolute atomic E-state index is 0.0150. The summed E-state index contributed by atoms with van der Waals surface area (Å²) in [6.07, 6.45) is 1.58. The SMILES string of the molecule is Cc1sc2ncn(CCCl)c(=O)c2c1-c1ccccc1. The predicted molar refractivity (Wildman–Crippen MR) is 84.8 cm³/mol. The Morgan fingerprint density at radius 2 is 2.05 bits per heavy atom. The van der Waals surface area contributed by atoms with Crippen molar-refractivity contribution in [2.75, 3.05) is 5.88 Å². The molecule has 1 aromatic carbocycles. The first-order valence-corrected chi connectivity index (χ1v) is 7.67. The minimum Gasteiger partial charge on any atom is -0.297 e. The average Bonchev–Trinajstić information content (AvgIpc) is 2.80. The van der Waals surface area contributed by atoms with E-state index in [9.17, 15) is 4.79 Å². The third-order valence-electron chi connectivity index (χ3n) is 3.24. The van der Waals surface area contributed by atoms with E-state index < -0.39 is 0 Å². The Bertz CT molecular complexity index is 808. The highest BCUT2D eigenvalue weighted by Crippen LogP contribution is 2.35. The number of aromatic nitrogens is 2. The first-order chi connectivity index (χ1) is 9.72. The molecule has 3 nitrogen and oxygen atoms in total. The van der Waals surface area contributed by atoms with Crippen LogP contribution in [-0.2, 0) is 6.54 Å². The molecule has 102 valence electrons. The Labute approximate surface area is 125 Å². The molecule has 0 amide bonds.